The van der Waals surface area contributed by atoms with Crippen LogP contribution < -0.4 is 19.6 Å². The number of para-hydroxylation sites is 1. The molecule has 0 aliphatic carbocycles. The molecule has 7 nitrogen and oxygen atoms in total. The van der Waals surface area contributed by atoms with E-state index in [1.165, 1.54) is 23.8 Å². The Balaban J connectivity index is 1.83. The second-order valence-corrected chi connectivity index (χ2v) is 9.39. The molecule has 2 heterocycles. The number of fused-ring (bicyclic) bond motifs is 1. The Morgan fingerprint density at radius 2 is 1.84 bits per heavy atom. The van der Waals surface area contributed by atoms with Crippen molar-refractivity contribution in [3.63, 3.8) is 0 Å². The molecule has 0 saturated carbocycles. The standard InChI is InChI=1S/C29H23FN2O5S/c1-3-37-28(35)23-24(17-8-5-4-6-9-17)31-29-32(25(23)18-12-14-20(30)15-13-18)27(34)22(38-29)16-19-10-7-11-21(36-2)26(19)33/h4-16,25,33H,3H2,1-2H3/t25-/m1/s1. The first-order valence-electron chi connectivity index (χ1n) is 11.8. The van der Waals surface area contributed by atoms with Gasteiger partial charge in [-0.3, -0.25) is 9.36 Å². The number of halogens is 1. The minimum atomic E-state index is -0.915. The van der Waals surface area contributed by atoms with Crippen LogP contribution in [0.2, 0.25) is 0 Å². The zero-order valence-corrected chi connectivity index (χ0v) is 21.4. The minimum absolute atomic E-state index is 0.104. The first kappa shape index (κ1) is 25.2. The summed E-state index contributed by atoms with van der Waals surface area (Å²) in [4.78, 5) is 32.3. The van der Waals surface area contributed by atoms with Crippen molar-refractivity contribution in [2.24, 2.45) is 4.99 Å². The highest BCUT2D eigenvalue weighted by Gasteiger charge is 2.35. The van der Waals surface area contributed by atoms with Crippen LogP contribution in [-0.4, -0.2) is 29.4 Å². The predicted molar refractivity (Wildman–Crippen MR) is 142 cm³/mol. The number of phenolic OH excluding ortho intramolecular Hbond substituents is 1. The van der Waals surface area contributed by atoms with Crippen LogP contribution in [0.5, 0.6) is 11.5 Å². The molecule has 0 radical (unpaired) electrons. The molecule has 5 rings (SSSR count). The van der Waals surface area contributed by atoms with Gasteiger partial charge in [-0.25, -0.2) is 14.2 Å². The van der Waals surface area contributed by atoms with E-state index in [2.05, 4.69) is 0 Å². The van der Waals surface area contributed by atoms with Crippen molar-refractivity contribution in [3.05, 3.63) is 121 Å². The van der Waals surface area contributed by atoms with Crippen molar-refractivity contribution in [2.75, 3.05) is 13.7 Å². The van der Waals surface area contributed by atoms with Crippen molar-refractivity contribution in [1.82, 2.24) is 4.57 Å². The fourth-order valence-electron chi connectivity index (χ4n) is 4.36. The van der Waals surface area contributed by atoms with Crippen LogP contribution in [0.3, 0.4) is 0 Å². The maximum Gasteiger partial charge on any atom is 0.338 e. The maximum absolute atomic E-state index is 13.9. The van der Waals surface area contributed by atoms with Crippen molar-refractivity contribution < 1.29 is 23.8 Å². The zero-order chi connectivity index (χ0) is 26.8. The van der Waals surface area contributed by atoms with E-state index >= 15 is 0 Å². The summed E-state index contributed by atoms with van der Waals surface area (Å²) >= 11 is 1.12. The number of methoxy groups -OCH3 is 1. The molecule has 0 amide bonds. The highest BCUT2D eigenvalue weighted by Crippen LogP contribution is 2.35. The van der Waals surface area contributed by atoms with Crippen molar-refractivity contribution >= 4 is 29.1 Å². The number of aromatic hydroxyl groups is 1. The molecule has 0 spiro atoms. The Labute approximate surface area is 221 Å². The molecule has 0 saturated heterocycles. The molecule has 1 aliphatic rings. The van der Waals surface area contributed by atoms with Crippen LogP contribution >= 0.6 is 11.3 Å². The van der Waals surface area contributed by atoms with Gasteiger partial charge in [0.15, 0.2) is 16.3 Å². The average molecular weight is 531 g/mol. The lowest BCUT2D eigenvalue weighted by Crippen LogP contribution is -2.40. The van der Waals surface area contributed by atoms with Gasteiger partial charge in [-0.15, -0.1) is 0 Å². The van der Waals surface area contributed by atoms with Crippen molar-refractivity contribution in [3.8, 4) is 11.5 Å². The lowest BCUT2D eigenvalue weighted by atomic mass is 9.93. The van der Waals surface area contributed by atoms with Crippen LogP contribution in [0.15, 0.2) is 88.2 Å². The van der Waals surface area contributed by atoms with Crippen molar-refractivity contribution in [1.29, 1.82) is 0 Å². The molecule has 0 fully saturated rings. The third-order valence-corrected chi connectivity index (χ3v) is 7.08. The van der Waals surface area contributed by atoms with Crippen LogP contribution in [0.25, 0.3) is 11.8 Å². The Morgan fingerprint density at radius 3 is 2.53 bits per heavy atom. The average Bonchev–Trinajstić information content (AvgIpc) is 3.24. The van der Waals surface area contributed by atoms with Gasteiger partial charge in [0.25, 0.3) is 5.56 Å². The number of carbonyl (C=O) groups is 1. The van der Waals surface area contributed by atoms with Gasteiger partial charge in [0.1, 0.15) is 5.82 Å². The molecule has 3 aromatic carbocycles. The quantitative estimate of drug-likeness (QED) is 0.383. The lowest BCUT2D eigenvalue weighted by molar-refractivity contribution is -0.138. The van der Waals surface area contributed by atoms with Gasteiger partial charge in [-0.2, -0.15) is 0 Å². The highest BCUT2D eigenvalue weighted by atomic mass is 32.1. The highest BCUT2D eigenvalue weighted by molar-refractivity contribution is 7.07. The number of ether oxygens (including phenoxy) is 2. The van der Waals surface area contributed by atoms with Crippen LogP contribution in [-0.2, 0) is 9.53 Å². The number of benzene rings is 3. The van der Waals surface area contributed by atoms with Gasteiger partial charge in [0.2, 0.25) is 0 Å². The summed E-state index contributed by atoms with van der Waals surface area (Å²) in [6.45, 7) is 1.82. The monoisotopic (exact) mass is 530 g/mol. The van der Waals surface area contributed by atoms with Crippen LogP contribution in [0.4, 0.5) is 4.39 Å². The van der Waals surface area contributed by atoms with Gasteiger partial charge in [-0.05, 0) is 36.8 Å². The number of thiazole rings is 1. The van der Waals surface area contributed by atoms with Crippen molar-refractivity contribution in [2.45, 2.75) is 13.0 Å². The van der Waals surface area contributed by atoms with Gasteiger partial charge in [-0.1, -0.05) is 65.9 Å². The second-order valence-electron chi connectivity index (χ2n) is 8.38. The van der Waals surface area contributed by atoms with Crippen LogP contribution in [0, 0.1) is 5.82 Å². The van der Waals surface area contributed by atoms with E-state index in [-0.39, 0.29) is 28.2 Å². The fourth-order valence-corrected chi connectivity index (χ4v) is 5.35. The number of hydrogen-bond acceptors (Lipinski definition) is 7. The number of nitrogens with zero attached hydrogens (tertiary/aromatic N) is 2. The van der Waals surface area contributed by atoms with Gasteiger partial charge in [0.05, 0.1) is 35.6 Å². The molecule has 38 heavy (non-hydrogen) atoms. The molecular formula is C29H23FN2O5S. The Bertz CT molecular complexity index is 1720. The van der Waals surface area contributed by atoms with Crippen LogP contribution in [0.1, 0.15) is 29.7 Å². The topological polar surface area (TPSA) is 90.1 Å². The molecule has 9 heteroatoms. The number of hydrogen-bond donors (Lipinski definition) is 1. The molecule has 0 bridgehead atoms. The number of aromatic nitrogens is 1. The molecule has 4 aromatic rings. The zero-order valence-electron chi connectivity index (χ0n) is 20.6. The maximum atomic E-state index is 13.9. The molecule has 1 aromatic heterocycles. The largest absolute Gasteiger partial charge is 0.504 e. The summed E-state index contributed by atoms with van der Waals surface area (Å²) < 4.78 is 26.2. The smallest absolute Gasteiger partial charge is 0.338 e. The molecular weight excluding hydrogens is 507 g/mol. The molecule has 1 atom stereocenters. The minimum Gasteiger partial charge on any atom is -0.504 e. The molecule has 1 aliphatic heterocycles. The predicted octanol–water partition coefficient (Wildman–Crippen LogP) is 3.79. The summed E-state index contributed by atoms with van der Waals surface area (Å²) in [6.07, 6.45) is 1.56. The summed E-state index contributed by atoms with van der Waals surface area (Å²) in [7, 11) is 1.44. The third-order valence-electron chi connectivity index (χ3n) is 6.10. The normalized spacial score (nSPS) is 15.1. The number of esters is 1. The SMILES string of the molecule is CCOC(=O)C1=C(c2ccccc2)N=c2sc(=Cc3cccc(OC)c3O)c(=O)n2[C@@H]1c1ccc(F)cc1. The van der Waals surface area contributed by atoms with Gasteiger partial charge in [0, 0.05) is 11.1 Å². The molecule has 0 unspecified atom stereocenters. The van der Waals surface area contributed by atoms with E-state index in [4.69, 9.17) is 14.5 Å². The number of phenols is 1. The van der Waals surface area contributed by atoms with Gasteiger partial charge >= 0.3 is 5.97 Å². The lowest BCUT2D eigenvalue weighted by Gasteiger charge is -2.25. The Hall–Kier alpha value is -4.50. The van der Waals surface area contributed by atoms with Gasteiger partial charge < -0.3 is 14.6 Å². The summed E-state index contributed by atoms with van der Waals surface area (Å²) in [5.41, 5.74) is 1.71. The Kier molecular flexibility index (Phi) is 6.93. The van der Waals surface area contributed by atoms with E-state index < -0.39 is 23.4 Å². The van der Waals surface area contributed by atoms with E-state index in [0.717, 1.165) is 11.3 Å². The van der Waals surface area contributed by atoms with E-state index in [9.17, 15) is 19.1 Å². The summed E-state index contributed by atoms with van der Waals surface area (Å²) in [5, 5.41) is 10.6. The Morgan fingerprint density at radius 1 is 1.11 bits per heavy atom. The fraction of sp³-hybridized carbons (Fsp3) is 0.138. The third kappa shape index (κ3) is 4.52. The second kappa shape index (κ2) is 10.5. The molecule has 1 N–H and O–H groups in total. The van der Waals surface area contributed by atoms with E-state index in [1.807, 2.05) is 30.3 Å². The summed E-state index contributed by atoms with van der Waals surface area (Å²) in [5.74, 6) is -0.900. The first-order chi connectivity index (χ1) is 18.4. The first-order valence-corrected chi connectivity index (χ1v) is 12.6. The number of rotatable bonds is 6. The van der Waals surface area contributed by atoms with E-state index in [0.29, 0.717) is 27.2 Å². The molecule has 192 valence electrons. The van der Waals surface area contributed by atoms with E-state index in [1.54, 1.807) is 43.3 Å². The summed E-state index contributed by atoms with van der Waals surface area (Å²) in [6, 6.07) is 18.9. The number of carbonyl (C=O) groups excluding carboxylic acids is 1.